The van der Waals surface area contributed by atoms with Gasteiger partial charge in [-0.2, -0.15) is 0 Å². The topological polar surface area (TPSA) is 45.2 Å². The van der Waals surface area contributed by atoms with Crippen molar-refractivity contribution in [3.63, 3.8) is 0 Å². The van der Waals surface area contributed by atoms with Crippen LogP contribution in [-0.4, -0.2) is 27.4 Å². The highest BCUT2D eigenvalue weighted by Gasteiger charge is 2.54. The Hall–Kier alpha value is -1.49. The molecular weight excluding hydrogens is 330 g/mol. The van der Waals surface area contributed by atoms with E-state index in [4.69, 9.17) is 12.2 Å². The second-order valence-corrected chi connectivity index (χ2v) is 8.71. The van der Waals surface area contributed by atoms with Crippen LogP contribution in [0.15, 0.2) is 24.5 Å². The Morgan fingerprint density at radius 2 is 1.76 bits per heavy atom. The molecule has 0 atom stereocenters. The minimum atomic E-state index is -0.144. The molecule has 0 radical (unpaired) electrons. The zero-order chi connectivity index (χ0) is 17.4. The van der Waals surface area contributed by atoms with Gasteiger partial charge in [0.15, 0.2) is 5.11 Å². The summed E-state index contributed by atoms with van der Waals surface area (Å²) in [4.78, 5) is 19.3. The molecule has 4 aliphatic rings. The van der Waals surface area contributed by atoms with Crippen LogP contribution in [0.1, 0.15) is 51.0 Å². The number of pyridine rings is 1. The molecule has 5 rings (SSSR count). The Bertz CT molecular complexity index is 625. The van der Waals surface area contributed by atoms with Crippen molar-refractivity contribution in [1.82, 2.24) is 15.2 Å². The van der Waals surface area contributed by atoms with Crippen molar-refractivity contribution < 1.29 is 4.79 Å². The molecule has 0 spiro atoms. The zero-order valence-corrected chi connectivity index (χ0v) is 15.7. The van der Waals surface area contributed by atoms with Gasteiger partial charge in [0.1, 0.15) is 0 Å². The molecule has 25 heavy (non-hydrogen) atoms. The van der Waals surface area contributed by atoms with Crippen molar-refractivity contribution >= 4 is 23.2 Å². The monoisotopic (exact) mass is 357 g/mol. The lowest BCUT2D eigenvalue weighted by molar-refractivity contribution is -0.144. The Morgan fingerprint density at radius 1 is 1.20 bits per heavy atom. The summed E-state index contributed by atoms with van der Waals surface area (Å²) >= 11 is 5.58. The first-order chi connectivity index (χ1) is 12.1. The third-order valence-corrected chi connectivity index (χ3v) is 6.89. The summed E-state index contributed by atoms with van der Waals surface area (Å²) in [5.74, 6) is 2.49. The summed E-state index contributed by atoms with van der Waals surface area (Å²) in [6.07, 6.45) is 10.8. The van der Waals surface area contributed by atoms with Crippen LogP contribution in [-0.2, 0) is 11.3 Å². The molecule has 1 heterocycles. The number of amides is 1. The van der Waals surface area contributed by atoms with Gasteiger partial charge in [0.25, 0.3) is 0 Å². The maximum Gasteiger partial charge on any atom is 0.232 e. The van der Waals surface area contributed by atoms with Crippen molar-refractivity contribution in [1.29, 1.82) is 0 Å². The molecule has 0 saturated heterocycles. The maximum atomic E-state index is 13.1. The first-order valence-electron chi connectivity index (χ1n) is 9.57. The lowest BCUT2D eigenvalue weighted by Crippen LogP contribution is -2.56. The molecule has 4 bridgehead atoms. The fraction of sp³-hybridized carbons (Fsp3) is 0.650. The van der Waals surface area contributed by atoms with Crippen LogP contribution in [0.3, 0.4) is 0 Å². The highest BCUT2D eigenvalue weighted by molar-refractivity contribution is 7.80. The number of nitrogens with zero attached hydrogens (tertiary/aromatic N) is 2. The van der Waals surface area contributed by atoms with Crippen LogP contribution in [0.5, 0.6) is 0 Å². The summed E-state index contributed by atoms with van der Waals surface area (Å²) in [6.45, 7) is 3.56. The molecular formula is C20H27N3OS. The van der Waals surface area contributed by atoms with E-state index in [1.807, 2.05) is 12.1 Å². The quantitative estimate of drug-likeness (QED) is 0.838. The van der Waals surface area contributed by atoms with E-state index in [1.165, 1.54) is 19.3 Å². The lowest BCUT2D eigenvalue weighted by Gasteiger charge is -2.55. The van der Waals surface area contributed by atoms with Gasteiger partial charge in [0.2, 0.25) is 5.91 Å². The second kappa shape index (κ2) is 6.67. The first-order valence-corrected chi connectivity index (χ1v) is 9.98. The van der Waals surface area contributed by atoms with E-state index in [-0.39, 0.29) is 11.3 Å². The van der Waals surface area contributed by atoms with Gasteiger partial charge < -0.3 is 10.2 Å². The van der Waals surface area contributed by atoms with Gasteiger partial charge in [-0.05, 0) is 93.1 Å². The van der Waals surface area contributed by atoms with Crippen LogP contribution in [0.2, 0.25) is 0 Å². The van der Waals surface area contributed by atoms with Crippen molar-refractivity contribution in [3.05, 3.63) is 30.1 Å². The Kier molecular flexibility index (Phi) is 4.52. The van der Waals surface area contributed by atoms with Crippen molar-refractivity contribution in [2.45, 2.75) is 52.0 Å². The highest BCUT2D eigenvalue weighted by atomic mass is 32.1. The predicted octanol–water partition coefficient (Wildman–Crippen LogP) is 3.52. The molecule has 5 heteroatoms. The zero-order valence-electron chi connectivity index (χ0n) is 14.9. The van der Waals surface area contributed by atoms with Gasteiger partial charge in [0.05, 0.1) is 5.41 Å². The van der Waals surface area contributed by atoms with Crippen LogP contribution in [0, 0.1) is 23.2 Å². The third-order valence-electron chi connectivity index (χ3n) is 6.53. The predicted molar refractivity (Wildman–Crippen MR) is 102 cm³/mol. The van der Waals surface area contributed by atoms with Crippen LogP contribution in [0.25, 0.3) is 0 Å². The molecule has 134 valence electrons. The number of carbonyl (C=O) groups excluding carboxylic acids is 1. The summed E-state index contributed by atoms with van der Waals surface area (Å²) in [5.41, 5.74) is 1.01. The lowest BCUT2D eigenvalue weighted by atomic mass is 9.49. The number of rotatable bonds is 4. The molecule has 1 aromatic rings. The van der Waals surface area contributed by atoms with Gasteiger partial charge in [-0.15, -0.1) is 0 Å². The molecule has 1 aromatic heterocycles. The number of hydrogen-bond donors (Lipinski definition) is 1. The summed E-state index contributed by atoms with van der Waals surface area (Å²) < 4.78 is 0. The minimum Gasteiger partial charge on any atom is -0.345 e. The van der Waals surface area contributed by atoms with Crippen molar-refractivity contribution in [3.8, 4) is 0 Å². The van der Waals surface area contributed by atoms with Crippen LogP contribution in [0.4, 0.5) is 0 Å². The molecule has 4 nitrogen and oxygen atoms in total. The third kappa shape index (κ3) is 3.31. The van der Waals surface area contributed by atoms with Gasteiger partial charge in [-0.1, -0.05) is 0 Å². The van der Waals surface area contributed by atoms with E-state index in [0.29, 0.717) is 11.7 Å². The van der Waals surface area contributed by atoms with E-state index in [1.54, 1.807) is 12.4 Å². The van der Waals surface area contributed by atoms with Gasteiger partial charge in [-0.3, -0.25) is 9.78 Å². The standard InChI is InChI=1S/C20H27N3OS/c1-2-23(13-14-3-5-21-6-4-14)19(25)22-18(24)20-10-15-7-16(11-20)9-17(8-15)12-20/h3-6,15-17H,2,7-13H2,1H3,(H,22,24,25). The maximum absolute atomic E-state index is 13.1. The van der Waals surface area contributed by atoms with Crippen molar-refractivity contribution in [2.75, 3.05) is 6.54 Å². The van der Waals surface area contributed by atoms with Crippen LogP contribution >= 0.6 is 12.2 Å². The smallest absolute Gasteiger partial charge is 0.232 e. The number of thiocarbonyl (C=S) groups is 1. The average molecular weight is 358 g/mol. The second-order valence-electron chi connectivity index (χ2n) is 8.33. The Balaban J connectivity index is 1.42. The number of carbonyl (C=O) groups is 1. The van der Waals surface area contributed by atoms with Crippen molar-refractivity contribution in [2.24, 2.45) is 23.2 Å². The van der Waals surface area contributed by atoms with E-state index in [0.717, 1.165) is 49.1 Å². The molecule has 4 fully saturated rings. The fourth-order valence-electron chi connectivity index (χ4n) is 5.73. The summed E-state index contributed by atoms with van der Waals surface area (Å²) in [7, 11) is 0. The average Bonchev–Trinajstić information content (AvgIpc) is 2.59. The Labute approximate surface area is 155 Å². The first kappa shape index (κ1) is 17.0. The number of aromatic nitrogens is 1. The van der Waals surface area contributed by atoms with Crippen LogP contribution < -0.4 is 5.32 Å². The molecule has 0 aromatic carbocycles. The summed E-state index contributed by atoms with van der Waals surface area (Å²) in [6, 6.07) is 3.98. The normalized spacial score (nSPS) is 32.4. The molecule has 1 N–H and O–H groups in total. The summed E-state index contributed by atoms with van der Waals surface area (Å²) in [5, 5.41) is 3.68. The molecule has 4 aliphatic carbocycles. The SMILES string of the molecule is CCN(Cc1ccncc1)C(=S)NC(=O)C12CC3CC(CC(C3)C1)C2. The molecule has 1 amide bonds. The van der Waals surface area contributed by atoms with Gasteiger partial charge in [-0.25, -0.2) is 0 Å². The molecule has 4 saturated carbocycles. The highest BCUT2D eigenvalue weighted by Crippen LogP contribution is 2.60. The van der Waals surface area contributed by atoms with E-state index < -0.39 is 0 Å². The largest absolute Gasteiger partial charge is 0.345 e. The Morgan fingerprint density at radius 3 is 2.28 bits per heavy atom. The fourth-order valence-corrected chi connectivity index (χ4v) is 6.02. The van der Waals surface area contributed by atoms with E-state index in [2.05, 4.69) is 22.1 Å². The number of hydrogen-bond acceptors (Lipinski definition) is 3. The van der Waals surface area contributed by atoms with E-state index in [9.17, 15) is 4.79 Å². The number of nitrogens with one attached hydrogen (secondary N) is 1. The molecule has 0 aliphatic heterocycles. The minimum absolute atomic E-state index is 0.144. The van der Waals surface area contributed by atoms with E-state index >= 15 is 0 Å². The molecule has 0 unspecified atom stereocenters. The van der Waals surface area contributed by atoms with Gasteiger partial charge in [0, 0.05) is 25.5 Å². The van der Waals surface area contributed by atoms with Gasteiger partial charge >= 0.3 is 0 Å².